The highest BCUT2D eigenvalue weighted by atomic mass is 31.2. The molecule has 1 N–H and O–H groups in total. The zero-order valence-corrected chi connectivity index (χ0v) is 16.2. The van der Waals surface area contributed by atoms with Gasteiger partial charge in [0.1, 0.15) is 0 Å². The van der Waals surface area contributed by atoms with E-state index in [9.17, 15) is 23.9 Å². The molecule has 0 aromatic heterocycles. The topological polar surface area (TPSA) is 108 Å². The molecule has 10 heteroatoms. The average molecular weight is 410 g/mol. The summed E-state index contributed by atoms with van der Waals surface area (Å²) < 4.78 is 38.1. The summed E-state index contributed by atoms with van der Waals surface area (Å²) in [5.41, 5.74) is -2.36. The van der Waals surface area contributed by atoms with Crippen molar-refractivity contribution in [3.8, 4) is 0 Å². The zero-order chi connectivity index (χ0) is 20.7. The minimum absolute atomic E-state index is 0.00768. The molecule has 0 aliphatic carbocycles. The lowest BCUT2D eigenvalue weighted by Gasteiger charge is -2.26. The number of halogens is 1. The lowest BCUT2D eigenvalue weighted by Crippen LogP contribution is -2.24. The van der Waals surface area contributed by atoms with Crippen LogP contribution in [0.5, 0.6) is 0 Å². The van der Waals surface area contributed by atoms with Crippen molar-refractivity contribution in [2.24, 2.45) is 0 Å². The van der Waals surface area contributed by atoms with Gasteiger partial charge in [0.2, 0.25) is 5.91 Å². The van der Waals surface area contributed by atoms with Crippen LogP contribution < -0.4 is 5.32 Å². The second-order valence-corrected chi connectivity index (χ2v) is 7.68. The Kier molecular flexibility index (Phi) is 7.39. The summed E-state index contributed by atoms with van der Waals surface area (Å²) in [6.45, 7) is 3.20. The third-order valence-corrected chi connectivity index (χ3v) is 6.14. The molecule has 8 nitrogen and oxygen atoms in total. The SMILES string of the molecule is CCOP(=O)(OCC)C(C(=O)Nc1c(F)cccc1[N+](=O)[O-])c1ccccc1. The van der Waals surface area contributed by atoms with E-state index in [1.165, 1.54) is 0 Å². The van der Waals surface area contributed by atoms with Gasteiger partial charge in [-0.05, 0) is 25.5 Å². The molecule has 1 unspecified atom stereocenters. The molecular formula is C18H20FN2O6P. The number of hydrogen-bond donors (Lipinski definition) is 1. The molecule has 0 aliphatic rings. The fourth-order valence-electron chi connectivity index (χ4n) is 2.64. The number of amides is 1. The lowest BCUT2D eigenvalue weighted by molar-refractivity contribution is -0.384. The molecule has 0 radical (unpaired) electrons. The second kappa shape index (κ2) is 9.54. The minimum atomic E-state index is -4.00. The van der Waals surface area contributed by atoms with Crippen LogP contribution in [0.1, 0.15) is 25.1 Å². The van der Waals surface area contributed by atoms with Crippen LogP contribution in [0.2, 0.25) is 0 Å². The Hall–Kier alpha value is -2.61. The van der Waals surface area contributed by atoms with Gasteiger partial charge in [0.25, 0.3) is 5.69 Å². The summed E-state index contributed by atoms with van der Waals surface area (Å²) >= 11 is 0. The third-order valence-electron chi connectivity index (χ3n) is 3.73. The van der Waals surface area contributed by atoms with Gasteiger partial charge in [0.15, 0.2) is 17.2 Å². The van der Waals surface area contributed by atoms with E-state index in [-0.39, 0.29) is 13.2 Å². The molecule has 0 bridgehead atoms. The van der Waals surface area contributed by atoms with Gasteiger partial charge < -0.3 is 14.4 Å². The van der Waals surface area contributed by atoms with E-state index < -0.39 is 41.3 Å². The Balaban J connectivity index is 2.52. The lowest BCUT2D eigenvalue weighted by atomic mass is 10.1. The maximum absolute atomic E-state index is 14.2. The highest BCUT2D eigenvalue weighted by Gasteiger charge is 2.43. The Morgan fingerprint density at radius 2 is 1.75 bits per heavy atom. The fourth-order valence-corrected chi connectivity index (χ4v) is 4.62. The molecule has 0 heterocycles. The van der Waals surface area contributed by atoms with E-state index >= 15 is 0 Å². The molecule has 0 spiro atoms. The number of hydrogen-bond acceptors (Lipinski definition) is 6. The number of nitro benzene ring substituents is 1. The first-order chi connectivity index (χ1) is 13.3. The number of carbonyl (C=O) groups excluding carboxylic acids is 1. The Bertz CT molecular complexity index is 883. The fraction of sp³-hybridized carbons (Fsp3) is 0.278. The number of benzene rings is 2. The highest BCUT2D eigenvalue weighted by molar-refractivity contribution is 7.55. The molecular weight excluding hydrogens is 390 g/mol. The maximum atomic E-state index is 14.2. The number of nitrogens with one attached hydrogen (secondary N) is 1. The van der Waals surface area contributed by atoms with Gasteiger partial charge in [-0.3, -0.25) is 19.5 Å². The number of anilines is 1. The molecule has 2 aromatic rings. The molecule has 0 aliphatic heterocycles. The van der Waals surface area contributed by atoms with E-state index in [2.05, 4.69) is 5.32 Å². The summed E-state index contributed by atoms with van der Waals surface area (Å²) in [5.74, 6) is -1.93. The van der Waals surface area contributed by atoms with E-state index in [0.29, 0.717) is 5.56 Å². The predicted molar refractivity (Wildman–Crippen MR) is 102 cm³/mol. The summed E-state index contributed by atoms with van der Waals surface area (Å²) in [6.07, 6.45) is 0. The van der Waals surface area contributed by atoms with Crippen molar-refractivity contribution in [2.45, 2.75) is 19.5 Å². The number of rotatable bonds is 9. The molecule has 2 aromatic carbocycles. The van der Waals surface area contributed by atoms with Crippen LogP contribution in [-0.4, -0.2) is 24.0 Å². The van der Waals surface area contributed by atoms with E-state index in [1.807, 2.05) is 0 Å². The summed E-state index contributed by atoms with van der Waals surface area (Å²) in [4.78, 5) is 23.4. The maximum Gasteiger partial charge on any atom is 0.347 e. The quantitative estimate of drug-likeness (QED) is 0.365. The van der Waals surface area contributed by atoms with Crippen LogP contribution in [0.3, 0.4) is 0 Å². The van der Waals surface area contributed by atoms with Crippen molar-refractivity contribution in [1.82, 2.24) is 0 Å². The molecule has 0 saturated carbocycles. The van der Waals surface area contributed by atoms with E-state index in [4.69, 9.17) is 9.05 Å². The van der Waals surface area contributed by atoms with Crippen LogP contribution in [-0.2, 0) is 18.4 Å². The van der Waals surface area contributed by atoms with Crippen molar-refractivity contribution in [1.29, 1.82) is 0 Å². The first kappa shape index (κ1) is 21.7. The van der Waals surface area contributed by atoms with Crippen molar-refractivity contribution >= 4 is 24.9 Å². The summed E-state index contributed by atoms with van der Waals surface area (Å²) in [5, 5.41) is 13.4. The standard InChI is InChI=1S/C18H20FN2O6P/c1-3-26-28(25,27-4-2)17(13-9-6-5-7-10-13)18(22)20-16-14(19)11-8-12-15(16)21(23)24/h5-12,17H,3-4H2,1-2H3,(H,20,22). The largest absolute Gasteiger partial charge is 0.347 e. The summed E-state index contributed by atoms with van der Waals surface area (Å²) in [7, 11) is -4.00. The van der Waals surface area contributed by atoms with Crippen molar-refractivity contribution < 1.29 is 27.7 Å². The van der Waals surface area contributed by atoms with Gasteiger partial charge in [-0.1, -0.05) is 36.4 Å². The molecule has 0 fully saturated rings. The molecule has 150 valence electrons. The van der Waals surface area contributed by atoms with Gasteiger partial charge >= 0.3 is 7.60 Å². The van der Waals surface area contributed by atoms with Gasteiger partial charge in [0, 0.05) is 6.07 Å². The first-order valence-corrected chi connectivity index (χ1v) is 10.1. The Morgan fingerprint density at radius 1 is 1.14 bits per heavy atom. The van der Waals surface area contributed by atoms with Crippen molar-refractivity contribution in [3.63, 3.8) is 0 Å². The van der Waals surface area contributed by atoms with Gasteiger partial charge in [-0.2, -0.15) is 0 Å². The number of carbonyl (C=O) groups is 1. The molecule has 1 amide bonds. The first-order valence-electron chi connectivity index (χ1n) is 8.51. The molecule has 1 atom stereocenters. The Morgan fingerprint density at radius 3 is 2.29 bits per heavy atom. The molecule has 2 rings (SSSR count). The normalized spacial score (nSPS) is 12.4. The van der Waals surface area contributed by atoms with Gasteiger partial charge in [-0.15, -0.1) is 0 Å². The average Bonchev–Trinajstić information content (AvgIpc) is 2.64. The zero-order valence-electron chi connectivity index (χ0n) is 15.3. The smallest absolute Gasteiger partial charge is 0.317 e. The van der Waals surface area contributed by atoms with E-state index in [1.54, 1.807) is 44.2 Å². The van der Waals surface area contributed by atoms with Crippen LogP contribution in [0, 0.1) is 15.9 Å². The van der Waals surface area contributed by atoms with Crippen molar-refractivity contribution in [2.75, 3.05) is 18.5 Å². The number of nitrogens with zero attached hydrogens (tertiary/aromatic N) is 1. The summed E-state index contributed by atoms with van der Waals surface area (Å²) in [6, 6.07) is 11.2. The Labute approximate surface area is 161 Å². The number of para-hydroxylation sites is 1. The number of nitro groups is 1. The van der Waals surface area contributed by atoms with Gasteiger partial charge in [-0.25, -0.2) is 4.39 Å². The highest BCUT2D eigenvalue weighted by Crippen LogP contribution is 2.61. The molecule has 28 heavy (non-hydrogen) atoms. The van der Waals surface area contributed by atoms with Crippen LogP contribution in [0.15, 0.2) is 48.5 Å². The van der Waals surface area contributed by atoms with Crippen LogP contribution in [0.25, 0.3) is 0 Å². The van der Waals surface area contributed by atoms with Crippen LogP contribution >= 0.6 is 7.60 Å². The third kappa shape index (κ3) is 4.81. The minimum Gasteiger partial charge on any atom is -0.317 e. The predicted octanol–water partition coefficient (Wildman–Crippen LogP) is 4.68. The van der Waals surface area contributed by atoms with Crippen LogP contribution in [0.4, 0.5) is 15.8 Å². The monoisotopic (exact) mass is 410 g/mol. The molecule has 0 saturated heterocycles. The van der Waals surface area contributed by atoms with E-state index in [0.717, 1.165) is 18.2 Å². The van der Waals surface area contributed by atoms with Gasteiger partial charge in [0.05, 0.1) is 18.1 Å². The van der Waals surface area contributed by atoms with Crippen molar-refractivity contribution in [3.05, 3.63) is 70.0 Å². The second-order valence-electron chi connectivity index (χ2n) is 5.57.